The van der Waals surface area contributed by atoms with Gasteiger partial charge in [0.15, 0.2) is 17.4 Å². The number of hydrogen-bond acceptors (Lipinski definition) is 25. The van der Waals surface area contributed by atoms with Crippen LogP contribution in [0.3, 0.4) is 0 Å². The second kappa shape index (κ2) is 38.7. The Hall–Kier alpha value is -13.0. The first-order valence-corrected chi connectivity index (χ1v) is 42.5. The zero-order valence-electron chi connectivity index (χ0n) is 71.3. The molecule has 678 valence electrons. The number of halogens is 3. The van der Waals surface area contributed by atoms with Gasteiger partial charge in [-0.2, -0.15) is 0 Å². The number of anilines is 7. The second-order valence-corrected chi connectivity index (χ2v) is 32.6. The van der Waals surface area contributed by atoms with Gasteiger partial charge in [0.05, 0.1) is 128 Å². The maximum absolute atomic E-state index is 15.3. The Kier molecular flexibility index (Phi) is 27.1. The first-order chi connectivity index (χ1) is 61.6. The van der Waals surface area contributed by atoms with Gasteiger partial charge in [-0.3, -0.25) is 58.4 Å². The molecule has 0 radical (unpaired) electrons. The number of quaternary nitrogens is 2. The van der Waals surface area contributed by atoms with Gasteiger partial charge in [0.2, 0.25) is 29.5 Å². The molecule has 10 amide bonds. The number of ether oxygens (including phenoxy) is 8. The zero-order chi connectivity index (χ0) is 90.6. The van der Waals surface area contributed by atoms with Crippen LogP contribution in [0.4, 0.5) is 77.0 Å². The van der Waals surface area contributed by atoms with E-state index in [1.807, 2.05) is 47.4 Å². The van der Waals surface area contributed by atoms with Crippen molar-refractivity contribution in [2.45, 2.75) is 153 Å². The molecule has 7 aromatic rings. The highest BCUT2D eigenvalue weighted by Gasteiger charge is 2.54. The van der Waals surface area contributed by atoms with Gasteiger partial charge in [0.25, 0.3) is 0 Å². The summed E-state index contributed by atoms with van der Waals surface area (Å²) in [7, 11) is 0. The molecule has 37 nitrogen and oxygen atoms in total. The van der Waals surface area contributed by atoms with Crippen LogP contribution in [0.25, 0.3) is 22.3 Å². The van der Waals surface area contributed by atoms with E-state index in [1.54, 1.807) is 70.7 Å². The van der Waals surface area contributed by atoms with E-state index in [0.29, 0.717) is 141 Å². The molecule has 0 saturated carbocycles. The van der Waals surface area contributed by atoms with E-state index in [4.69, 9.17) is 55.1 Å². The number of hydrogen-bond donors (Lipinski definition) is 10. The fourth-order valence-corrected chi connectivity index (χ4v) is 18.0. The van der Waals surface area contributed by atoms with Gasteiger partial charge in [-0.25, -0.2) is 37.1 Å². The van der Waals surface area contributed by atoms with E-state index in [-0.39, 0.29) is 134 Å². The van der Waals surface area contributed by atoms with E-state index >= 15 is 13.2 Å². The number of nitrogens with one attached hydrogen (secondary N) is 5. The molecule has 2 unspecified atom stereocenters. The average molecular weight is 1770 g/mol. The number of nitrogens with two attached hydrogens (primary N) is 3. The van der Waals surface area contributed by atoms with E-state index in [1.165, 1.54) is 49.3 Å². The molecule has 128 heavy (non-hydrogen) atoms. The number of benzene rings is 5. The normalized spacial score (nSPS) is 23.4. The van der Waals surface area contributed by atoms with Gasteiger partial charge in [-0.1, -0.05) is 24.3 Å². The van der Waals surface area contributed by atoms with Crippen LogP contribution >= 0.6 is 0 Å². The predicted molar refractivity (Wildman–Crippen MR) is 458 cm³/mol. The minimum absolute atomic E-state index is 0.00659. The molecule has 5 aromatic carbocycles. The Balaban J connectivity index is 0.000000124. The standard InChI is InChI=1S/C19H19FN4O4.C19H19FN4O3.C18H23FN4O4.C18H24N4O4.C14H17N3O3/c1-10(25)22-8-16-15-9-27-18-14(24(15)19(26)28-16)5-4-13(17(18)20)11-2-3-12(6-21)23-7-11;1-10(25)22-9-17-16-6-14-15(24(16)19(26)27-17)5-4-13(18(14)20)11-2-3-12(7-21)23-8-11;1-10(24)21-8-16-15-6-12-13(23(15)18(25)27-16)2-3-14(17(12)19)22-4-5-26-11(7-20)9-22;1-11(23)20-9-17-16-7-12-6-13(21-4-5-25-14(8-19)10-21)2-3-15(12)22(16)18(24)26-17;1-8(18)16-7-13-12-5-10-4-9(6-15)2-3-11(10)17(12)14(19)20-13/h2-5,7,15-16H,6,8-9,21H2,1H3,(H,22,25);2-5,8,16-17H,6-7,9,21H2,1H3,(H,22,25);2-3,11,15-16H,4-9,20H2,1H3,(H,21,24);2-3,6,14,16-17H,4-5,7-10,19H2,1H3,(H,20,23);2-4,12-13H,5-7,15H2,1H3,(H,16,18)/p+2/t15?,16-;16?,17-;11-,15-,16-;14-,16-,17-;12-,13-/m00000/s1. The van der Waals surface area contributed by atoms with Crippen LogP contribution in [0.2, 0.25) is 0 Å². The van der Waals surface area contributed by atoms with E-state index < -0.39 is 48.5 Å². The van der Waals surface area contributed by atoms with Crippen molar-refractivity contribution in [3.63, 3.8) is 0 Å². The summed E-state index contributed by atoms with van der Waals surface area (Å²) in [6, 6.07) is 28.2. The lowest BCUT2D eigenvalue weighted by Crippen LogP contribution is -2.47. The SMILES string of the molecule is CC(=O)NC[C@@H]1OC(=O)N2c3ccc(-c4ccc(C[NH3+])nc4)c(F)c3CC12.CC(=O)NC[C@@H]1OC(=O)N2c3ccc(-c4ccc(C[NH3+])nc4)c(F)c3OCC12.CC(=O)NC[C@@H]1OC(=O)N2c3ccc(CN)cc3C[C@@H]12.CC(=O)NC[C@@H]1OC(=O)N2c3ccc(N4CCO[C@@H](CN)C4)c(F)c3C[C@@H]12.CC(=O)NC[C@@H]1OC(=O)N2c3ccc(N4CCO[C@@H](CN)C4)cc3C[C@@H]12. The summed E-state index contributed by atoms with van der Waals surface area (Å²) < 4.78 is 89.4. The van der Waals surface area contributed by atoms with Crippen molar-refractivity contribution in [2.75, 3.05) is 126 Å². The Bertz CT molecular complexity index is 5430. The number of fused-ring (bicyclic) bond motifs is 15. The predicted octanol–water partition coefficient (Wildman–Crippen LogP) is 3.01. The van der Waals surface area contributed by atoms with Crippen LogP contribution in [0.1, 0.15) is 73.8 Å². The molecule has 7 saturated heterocycles. The van der Waals surface area contributed by atoms with Crippen molar-refractivity contribution in [3.05, 3.63) is 166 Å². The molecule has 17 N–H and O–H groups in total. The minimum atomic E-state index is -0.585. The molecule has 2 aromatic heterocycles. The number of amides is 10. The number of carbonyl (C=O) groups excluding carboxylic acids is 10. The van der Waals surface area contributed by atoms with Gasteiger partial charge >= 0.3 is 30.5 Å². The van der Waals surface area contributed by atoms with Gasteiger partial charge in [-0.15, -0.1) is 0 Å². The van der Waals surface area contributed by atoms with Crippen LogP contribution in [-0.4, -0.2) is 235 Å². The summed E-state index contributed by atoms with van der Waals surface area (Å²) in [5, 5.41) is 13.4. The van der Waals surface area contributed by atoms with Crippen LogP contribution in [0.15, 0.2) is 109 Å². The smallest absolute Gasteiger partial charge is 0.415 e. The van der Waals surface area contributed by atoms with E-state index in [9.17, 15) is 47.9 Å². The van der Waals surface area contributed by atoms with Gasteiger partial charge in [0.1, 0.15) is 62.1 Å². The van der Waals surface area contributed by atoms with Gasteiger partial charge in [-0.05, 0) is 102 Å². The fraction of sp³-hybridized carbons (Fsp3) is 0.432. The summed E-state index contributed by atoms with van der Waals surface area (Å²) in [6.07, 6.45) is 0.834. The summed E-state index contributed by atoms with van der Waals surface area (Å²) in [5.74, 6) is -2.09. The zero-order valence-corrected chi connectivity index (χ0v) is 71.3. The summed E-state index contributed by atoms with van der Waals surface area (Å²) >= 11 is 0. The molecule has 12 atom stereocenters. The Morgan fingerprint density at radius 3 is 1.24 bits per heavy atom. The third-order valence-corrected chi connectivity index (χ3v) is 24.4. The second-order valence-electron chi connectivity index (χ2n) is 32.6. The Morgan fingerprint density at radius 2 is 0.805 bits per heavy atom. The maximum atomic E-state index is 15.3. The van der Waals surface area contributed by atoms with Crippen molar-refractivity contribution in [1.29, 1.82) is 0 Å². The van der Waals surface area contributed by atoms with Crippen LogP contribution in [0, 0.1) is 17.5 Å². The number of pyridine rings is 2. The number of nitrogens with zero attached hydrogens (tertiary/aromatic N) is 9. The molecule has 7 fully saturated rings. The molecule has 0 spiro atoms. The number of carbonyl (C=O) groups is 10. The molecule has 12 aliphatic rings. The van der Waals surface area contributed by atoms with Crippen molar-refractivity contribution >= 4 is 99.8 Å². The molecular formula is C88H104F3N19O18+2. The summed E-state index contributed by atoms with van der Waals surface area (Å²) in [4.78, 5) is 137. The van der Waals surface area contributed by atoms with Gasteiger partial charge in [0, 0.05) is 145 Å². The topological polar surface area (TPSA) is 486 Å². The number of cyclic esters (lactones) is 5. The van der Waals surface area contributed by atoms with Gasteiger partial charge < -0.3 is 103 Å². The van der Waals surface area contributed by atoms with E-state index in [0.717, 1.165) is 71.1 Å². The quantitative estimate of drug-likeness (QED) is 0.0520. The number of rotatable bonds is 19. The third kappa shape index (κ3) is 18.6. The van der Waals surface area contributed by atoms with Crippen LogP contribution in [-0.2, 0) is 102 Å². The molecule has 40 heteroatoms. The lowest BCUT2D eigenvalue weighted by Gasteiger charge is -2.34. The largest absolute Gasteiger partial charge is 0.486 e. The molecule has 19 rings (SSSR count). The monoisotopic (exact) mass is 1770 g/mol. The molecule has 12 aliphatic heterocycles. The summed E-state index contributed by atoms with van der Waals surface area (Å²) in [6.45, 7) is 14.8. The third-order valence-electron chi connectivity index (χ3n) is 24.4. The Labute approximate surface area is 733 Å². The maximum Gasteiger partial charge on any atom is 0.415 e. The lowest BCUT2D eigenvalue weighted by molar-refractivity contribution is -0.387. The van der Waals surface area contributed by atoms with E-state index in [2.05, 4.69) is 59.0 Å². The van der Waals surface area contributed by atoms with Crippen molar-refractivity contribution < 1.29 is 110 Å². The highest BCUT2D eigenvalue weighted by atomic mass is 19.1. The van der Waals surface area contributed by atoms with Crippen LogP contribution < -0.4 is 94.3 Å². The number of aromatic nitrogens is 2. The number of morpholine rings is 2. The van der Waals surface area contributed by atoms with Crippen molar-refractivity contribution in [3.8, 4) is 28.0 Å². The first kappa shape index (κ1) is 89.8. The van der Waals surface area contributed by atoms with Crippen LogP contribution in [0.5, 0.6) is 5.75 Å². The first-order valence-electron chi connectivity index (χ1n) is 42.5. The highest BCUT2D eigenvalue weighted by Crippen LogP contribution is 2.48. The molecule has 14 heterocycles. The Morgan fingerprint density at radius 1 is 0.430 bits per heavy atom. The lowest BCUT2D eigenvalue weighted by atomic mass is 9.99. The summed E-state index contributed by atoms with van der Waals surface area (Å²) in [5.41, 5.74) is 37.4. The minimum Gasteiger partial charge on any atom is -0.486 e. The molecule has 0 aliphatic carbocycles. The van der Waals surface area contributed by atoms with Crippen molar-refractivity contribution in [2.24, 2.45) is 17.2 Å². The van der Waals surface area contributed by atoms with Crippen molar-refractivity contribution in [1.82, 2.24) is 36.6 Å². The highest BCUT2D eigenvalue weighted by molar-refractivity contribution is 5.98. The molecule has 0 bridgehead atoms. The average Bonchev–Trinajstić information content (AvgIpc) is 1.58. The fourth-order valence-electron chi connectivity index (χ4n) is 18.0. The molecular weight excluding hydrogens is 1670 g/mol.